The van der Waals surface area contributed by atoms with Gasteiger partial charge in [0.05, 0.1) is 5.69 Å². The van der Waals surface area contributed by atoms with Gasteiger partial charge in [-0.05, 0) is 67.6 Å². The van der Waals surface area contributed by atoms with Crippen LogP contribution in [0, 0.1) is 11.6 Å². The quantitative estimate of drug-likeness (QED) is 0.696. The average Bonchev–Trinajstić information content (AvgIpc) is 3.47. The van der Waals surface area contributed by atoms with E-state index in [0.29, 0.717) is 11.6 Å². The largest absolute Gasteiger partial charge is 0.379 e. The van der Waals surface area contributed by atoms with Crippen LogP contribution in [0.4, 0.5) is 14.5 Å². The number of benzene rings is 1. The molecule has 6 nitrogen and oxygen atoms in total. The fourth-order valence-corrected chi connectivity index (χ4v) is 4.19. The maximum atomic E-state index is 14.4. The molecule has 3 aromatic rings. The Morgan fingerprint density at radius 3 is 2.37 bits per heavy atom. The van der Waals surface area contributed by atoms with Crippen LogP contribution < -0.4 is 5.32 Å². The van der Waals surface area contributed by atoms with Gasteiger partial charge >= 0.3 is 0 Å². The van der Waals surface area contributed by atoms with E-state index in [1.54, 1.807) is 36.9 Å². The lowest BCUT2D eigenvalue weighted by Gasteiger charge is -2.16. The van der Waals surface area contributed by atoms with Crippen molar-refractivity contribution in [3.05, 3.63) is 65.7 Å². The van der Waals surface area contributed by atoms with Crippen LogP contribution in [-0.4, -0.2) is 51.0 Å². The fraction of sp³-hybridized carbons (Fsp3) is 0.364. The molecule has 3 heterocycles. The van der Waals surface area contributed by atoms with Gasteiger partial charge in [-0.15, -0.1) is 0 Å². The molecule has 2 fully saturated rings. The highest BCUT2D eigenvalue weighted by molar-refractivity contribution is 5.52. The first-order valence-corrected chi connectivity index (χ1v) is 10.1. The molecule has 8 heteroatoms. The number of nitrogens with zero attached hydrogens (tertiary/aromatic N) is 5. The highest BCUT2D eigenvalue weighted by Crippen LogP contribution is 2.55. The minimum Gasteiger partial charge on any atom is -0.379 e. The van der Waals surface area contributed by atoms with Crippen LogP contribution in [-0.2, 0) is 0 Å². The van der Waals surface area contributed by atoms with Crippen molar-refractivity contribution >= 4 is 5.69 Å². The predicted octanol–water partition coefficient (Wildman–Crippen LogP) is 3.60. The second-order valence-electron chi connectivity index (χ2n) is 8.12. The van der Waals surface area contributed by atoms with Crippen LogP contribution >= 0.6 is 0 Å². The van der Waals surface area contributed by atoms with E-state index in [4.69, 9.17) is 0 Å². The Bertz CT molecular complexity index is 1040. The summed E-state index contributed by atoms with van der Waals surface area (Å²) in [5.41, 5.74) is 2.04. The molecule has 1 saturated carbocycles. The molecule has 3 atom stereocenters. The van der Waals surface area contributed by atoms with Crippen LogP contribution in [0.25, 0.3) is 11.6 Å². The Morgan fingerprint density at radius 1 is 0.967 bits per heavy atom. The first kappa shape index (κ1) is 19.0. The number of likely N-dealkylation sites (N-methyl/N-ethyl adjacent to an activating group) is 1. The highest BCUT2D eigenvalue weighted by Gasteiger charge is 2.41. The maximum Gasteiger partial charge on any atom is 0.197 e. The third kappa shape index (κ3) is 3.75. The van der Waals surface area contributed by atoms with Gasteiger partial charge in [-0.3, -0.25) is 0 Å². The molecule has 5 rings (SSSR count). The second kappa shape index (κ2) is 7.68. The van der Waals surface area contributed by atoms with Gasteiger partial charge in [0.2, 0.25) is 0 Å². The van der Waals surface area contributed by atoms with E-state index in [9.17, 15) is 8.78 Å². The number of halogens is 2. The van der Waals surface area contributed by atoms with E-state index in [0.717, 1.165) is 37.1 Å². The van der Waals surface area contributed by atoms with E-state index >= 15 is 0 Å². The monoisotopic (exact) mass is 408 g/mol. The molecule has 1 aliphatic heterocycles. The molecule has 0 amide bonds. The van der Waals surface area contributed by atoms with E-state index in [1.807, 2.05) is 7.05 Å². The fourth-order valence-electron chi connectivity index (χ4n) is 4.19. The summed E-state index contributed by atoms with van der Waals surface area (Å²) in [5.74, 6) is -0.330. The van der Waals surface area contributed by atoms with E-state index in [-0.39, 0.29) is 23.6 Å². The lowest BCUT2D eigenvalue weighted by molar-refractivity contribution is 0.413. The molecule has 0 radical (unpaired) electrons. The van der Waals surface area contributed by atoms with Crippen LogP contribution in [0.5, 0.6) is 0 Å². The number of rotatable bonds is 5. The van der Waals surface area contributed by atoms with E-state index in [2.05, 4.69) is 30.2 Å². The van der Waals surface area contributed by atoms with Gasteiger partial charge in [-0.25, -0.2) is 28.7 Å². The van der Waals surface area contributed by atoms with Gasteiger partial charge in [0.25, 0.3) is 0 Å². The molecule has 1 N–H and O–H groups in total. The summed E-state index contributed by atoms with van der Waals surface area (Å²) in [6.07, 6.45) is 8.63. The highest BCUT2D eigenvalue weighted by atomic mass is 19.2. The molecule has 1 saturated heterocycles. The predicted molar refractivity (Wildman–Crippen MR) is 109 cm³/mol. The Hall–Kier alpha value is -3.00. The Labute approximate surface area is 173 Å². The molecule has 2 aliphatic rings. The summed E-state index contributed by atoms with van der Waals surface area (Å²) in [6, 6.07) is 4.95. The van der Waals surface area contributed by atoms with E-state index < -0.39 is 11.6 Å². The SMILES string of the molecule is CN1CC[C@@H](Nc2cc([C@@H]3C[C@@H]3c3cnc(-c4ncccn4)nc3)cc(F)c2F)C1. The van der Waals surface area contributed by atoms with Crippen LogP contribution in [0.15, 0.2) is 43.0 Å². The molecule has 2 aromatic heterocycles. The Morgan fingerprint density at radius 2 is 1.67 bits per heavy atom. The maximum absolute atomic E-state index is 14.4. The number of nitrogens with one attached hydrogen (secondary N) is 1. The van der Waals surface area contributed by atoms with Gasteiger partial charge in [-0.1, -0.05) is 0 Å². The van der Waals surface area contributed by atoms with Crippen molar-refractivity contribution in [3.8, 4) is 11.6 Å². The summed E-state index contributed by atoms with van der Waals surface area (Å²) in [7, 11) is 2.03. The summed E-state index contributed by atoms with van der Waals surface area (Å²) in [4.78, 5) is 19.2. The first-order chi connectivity index (χ1) is 14.6. The second-order valence-corrected chi connectivity index (χ2v) is 8.12. The van der Waals surface area contributed by atoms with Gasteiger partial charge < -0.3 is 10.2 Å². The number of hydrogen-bond acceptors (Lipinski definition) is 6. The third-order valence-corrected chi connectivity index (χ3v) is 5.89. The zero-order valence-corrected chi connectivity index (χ0v) is 16.6. The zero-order valence-electron chi connectivity index (χ0n) is 16.6. The van der Waals surface area contributed by atoms with Crippen molar-refractivity contribution in [2.24, 2.45) is 0 Å². The molecule has 1 aromatic carbocycles. The molecular weight excluding hydrogens is 386 g/mol. The standard InChI is InChI=1S/C22H22F2N6/c1-30-6-3-15(12-30)29-19-8-13(7-18(23)20(19)24)16-9-17(16)14-10-27-22(28-11-14)21-25-4-2-5-26-21/h2,4-5,7-8,10-11,15-17,29H,3,6,9,12H2,1H3/t15-,16+,17-/m1/s1. The van der Waals surface area contributed by atoms with Crippen molar-refractivity contribution in [3.63, 3.8) is 0 Å². The minimum absolute atomic E-state index is 0.134. The number of anilines is 1. The van der Waals surface area contributed by atoms with Crippen molar-refractivity contribution in [2.75, 3.05) is 25.5 Å². The lowest BCUT2D eigenvalue weighted by Crippen LogP contribution is -2.24. The van der Waals surface area contributed by atoms with Gasteiger partial charge in [0.1, 0.15) is 0 Å². The van der Waals surface area contributed by atoms with Gasteiger partial charge in [-0.2, -0.15) is 0 Å². The van der Waals surface area contributed by atoms with Crippen LogP contribution in [0.2, 0.25) is 0 Å². The number of hydrogen-bond donors (Lipinski definition) is 1. The van der Waals surface area contributed by atoms with Gasteiger partial charge in [0, 0.05) is 37.4 Å². The van der Waals surface area contributed by atoms with Crippen molar-refractivity contribution in [1.29, 1.82) is 0 Å². The number of likely N-dealkylation sites (tertiary alicyclic amines) is 1. The topological polar surface area (TPSA) is 66.8 Å². The Kier molecular flexibility index (Phi) is 4.86. The molecule has 0 bridgehead atoms. The van der Waals surface area contributed by atoms with Crippen LogP contribution in [0.3, 0.4) is 0 Å². The van der Waals surface area contributed by atoms with Crippen molar-refractivity contribution in [2.45, 2.75) is 30.7 Å². The average molecular weight is 408 g/mol. The first-order valence-electron chi connectivity index (χ1n) is 10.1. The third-order valence-electron chi connectivity index (χ3n) is 5.89. The summed E-state index contributed by atoms with van der Waals surface area (Å²) in [6.45, 7) is 1.78. The smallest absolute Gasteiger partial charge is 0.197 e. The molecular formula is C22H22F2N6. The Balaban J connectivity index is 1.32. The summed E-state index contributed by atoms with van der Waals surface area (Å²) < 4.78 is 28.6. The van der Waals surface area contributed by atoms with Crippen molar-refractivity contribution < 1.29 is 8.78 Å². The summed E-state index contributed by atoms with van der Waals surface area (Å²) >= 11 is 0. The molecule has 1 aliphatic carbocycles. The normalized spacial score (nSPS) is 23.5. The van der Waals surface area contributed by atoms with E-state index in [1.165, 1.54) is 6.07 Å². The lowest BCUT2D eigenvalue weighted by atomic mass is 10.0. The zero-order chi connectivity index (χ0) is 20.7. The van der Waals surface area contributed by atoms with Gasteiger partial charge in [0.15, 0.2) is 23.3 Å². The molecule has 154 valence electrons. The minimum atomic E-state index is -0.806. The van der Waals surface area contributed by atoms with Crippen molar-refractivity contribution in [1.82, 2.24) is 24.8 Å². The number of aromatic nitrogens is 4. The summed E-state index contributed by atoms with van der Waals surface area (Å²) in [5, 5.41) is 3.19. The van der Waals surface area contributed by atoms with Crippen LogP contribution in [0.1, 0.15) is 35.8 Å². The molecule has 0 unspecified atom stereocenters. The molecule has 0 spiro atoms. The molecule has 30 heavy (non-hydrogen) atoms.